The van der Waals surface area contributed by atoms with Crippen molar-refractivity contribution in [3.8, 4) is 0 Å². The van der Waals surface area contributed by atoms with E-state index in [1.54, 1.807) is 12.1 Å². The molecule has 126 valence electrons. The molecule has 24 heavy (non-hydrogen) atoms. The van der Waals surface area contributed by atoms with E-state index in [9.17, 15) is 14.0 Å². The maximum atomic E-state index is 13.7. The molecule has 1 N–H and O–H groups in total. The van der Waals surface area contributed by atoms with E-state index in [0.29, 0.717) is 0 Å². The highest BCUT2D eigenvalue weighted by Gasteiger charge is 2.15. The average Bonchev–Trinajstić information content (AvgIpc) is 2.98. The van der Waals surface area contributed by atoms with Crippen LogP contribution in [0.4, 0.5) is 4.39 Å². The van der Waals surface area contributed by atoms with Crippen LogP contribution in [-0.4, -0.2) is 22.2 Å². The van der Waals surface area contributed by atoms with Gasteiger partial charge in [0.05, 0.1) is 18.7 Å². The fourth-order valence-corrected chi connectivity index (χ4v) is 3.05. The predicted octanol–water partition coefficient (Wildman–Crippen LogP) is 1.88. The van der Waals surface area contributed by atoms with Crippen LogP contribution in [0.15, 0.2) is 29.1 Å². The smallest absolute Gasteiger partial charge is 0.267 e. The van der Waals surface area contributed by atoms with Crippen LogP contribution in [0.1, 0.15) is 23.2 Å². The van der Waals surface area contributed by atoms with Crippen LogP contribution in [-0.2, 0) is 30.6 Å². The van der Waals surface area contributed by atoms with E-state index < -0.39 is 5.82 Å². The summed E-state index contributed by atoms with van der Waals surface area (Å²) < 4.78 is 15.0. The van der Waals surface area contributed by atoms with E-state index >= 15 is 0 Å². The summed E-state index contributed by atoms with van der Waals surface area (Å²) >= 11 is 5.90. The molecule has 2 aromatic rings. The van der Waals surface area contributed by atoms with Crippen molar-refractivity contribution < 1.29 is 9.18 Å². The molecular weight excluding hydrogens is 333 g/mol. The number of aryl methyl sites for hydroxylation is 2. The second-order valence-electron chi connectivity index (χ2n) is 5.76. The molecular formula is C17H17ClFN3O2. The Labute approximate surface area is 143 Å². The van der Waals surface area contributed by atoms with Crippen molar-refractivity contribution in [3.05, 3.63) is 62.3 Å². The molecule has 5 nitrogen and oxygen atoms in total. The standard InChI is InChI=1S/C17H17ClFN3O2/c18-13-4-2-5-14(19)12(13)10-16(23)20-7-8-22-17(24)9-11-3-1-6-15(11)21-22/h2,4-5,9H,1,3,6-8,10H2,(H,20,23). The Balaban J connectivity index is 1.57. The first kappa shape index (κ1) is 16.6. The molecule has 0 aliphatic heterocycles. The zero-order chi connectivity index (χ0) is 17.1. The van der Waals surface area contributed by atoms with E-state index in [-0.39, 0.29) is 41.6 Å². The molecule has 0 radical (unpaired) electrons. The number of benzene rings is 1. The lowest BCUT2D eigenvalue weighted by Gasteiger charge is -2.09. The van der Waals surface area contributed by atoms with Gasteiger partial charge in [-0.1, -0.05) is 17.7 Å². The third-order valence-electron chi connectivity index (χ3n) is 4.07. The number of amides is 1. The van der Waals surface area contributed by atoms with Gasteiger partial charge < -0.3 is 5.32 Å². The van der Waals surface area contributed by atoms with Crippen LogP contribution in [0, 0.1) is 5.82 Å². The molecule has 1 aromatic heterocycles. The second-order valence-corrected chi connectivity index (χ2v) is 6.17. The number of nitrogens with one attached hydrogen (secondary N) is 1. The largest absolute Gasteiger partial charge is 0.354 e. The number of carbonyl (C=O) groups is 1. The van der Waals surface area contributed by atoms with Gasteiger partial charge in [0.25, 0.3) is 5.56 Å². The minimum absolute atomic E-state index is 0.141. The van der Waals surface area contributed by atoms with Gasteiger partial charge in [-0.25, -0.2) is 9.07 Å². The quantitative estimate of drug-likeness (QED) is 0.896. The van der Waals surface area contributed by atoms with E-state index in [0.717, 1.165) is 30.5 Å². The molecule has 1 aliphatic rings. The Kier molecular flexibility index (Phi) is 4.94. The molecule has 1 heterocycles. The minimum atomic E-state index is -0.505. The predicted molar refractivity (Wildman–Crippen MR) is 88.6 cm³/mol. The van der Waals surface area contributed by atoms with Crippen LogP contribution in [0.2, 0.25) is 5.02 Å². The molecule has 0 saturated carbocycles. The van der Waals surface area contributed by atoms with Gasteiger partial charge in [-0.15, -0.1) is 0 Å². The first-order valence-corrected chi connectivity index (χ1v) is 8.22. The lowest BCUT2D eigenvalue weighted by molar-refractivity contribution is -0.120. The molecule has 3 rings (SSSR count). The van der Waals surface area contributed by atoms with Gasteiger partial charge in [0, 0.05) is 23.2 Å². The normalized spacial score (nSPS) is 12.9. The number of aromatic nitrogens is 2. The lowest BCUT2D eigenvalue weighted by Crippen LogP contribution is -2.33. The van der Waals surface area contributed by atoms with Gasteiger partial charge in [-0.2, -0.15) is 5.10 Å². The molecule has 0 spiro atoms. The molecule has 0 unspecified atom stereocenters. The highest BCUT2D eigenvalue weighted by molar-refractivity contribution is 6.31. The van der Waals surface area contributed by atoms with Crippen LogP contribution >= 0.6 is 11.6 Å². The maximum absolute atomic E-state index is 13.7. The highest BCUT2D eigenvalue weighted by Crippen LogP contribution is 2.19. The van der Waals surface area contributed by atoms with Crippen molar-refractivity contribution in [2.24, 2.45) is 0 Å². The van der Waals surface area contributed by atoms with Gasteiger partial charge in [0.15, 0.2) is 0 Å². The first-order valence-electron chi connectivity index (χ1n) is 7.84. The van der Waals surface area contributed by atoms with E-state index in [4.69, 9.17) is 11.6 Å². The van der Waals surface area contributed by atoms with Crippen LogP contribution in [0.5, 0.6) is 0 Å². The molecule has 1 aromatic carbocycles. The third-order valence-corrected chi connectivity index (χ3v) is 4.42. The third kappa shape index (κ3) is 3.64. The van der Waals surface area contributed by atoms with Crippen LogP contribution in [0.25, 0.3) is 0 Å². The Bertz CT molecular complexity index is 815. The monoisotopic (exact) mass is 349 g/mol. The van der Waals surface area contributed by atoms with Crippen molar-refractivity contribution in [3.63, 3.8) is 0 Å². The molecule has 0 fully saturated rings. The van der Waals surface area contributed by atoms with Gasteiger partial charge >= 0.3 is 0 Å². The summed E-state index contributed by atoms with van der Waals surface area (Å²) in [7, 11) is 0. The Morgan fingerprint density at radius 2 is 2.21 bits per heavy atom. The SMILES string of the molecule is O=C(Cc1c(F)cccc1Cl)NCCn1nc2c(cc1=O)CCC2. The second kappa shape index (κ2) is 7.13. The van der Waals surface area contributed by atoms with E-state index in [1.165, 1.54) is 16.8 Å². The van der Waals surface area contributed by atoms with E-state index in [2.05, 4.69) is 10.4 Å². The number of carbonyl (C=O) groups excluding carboxylic acids is 1. The highest BCUT2D eigenvalue weighted by atomic mass is 35.5. The summed E-state index contributed by atoms with van der Waals surface area (Å²) in [6.07, 6.45) is 2.66. The minimum Gasteiger partial charge on any atom is -0.354 e. The zero-order valence-corrected chi connectivity index (χ0v) is 13.8. The van der Waals surface area contributed by atoms with E-state index in [1.807, 2.05) is 0 Å². The molecule has 1 aliphatic carbocycles. The maximum Gasteiger partial charge on any atom is 0.267 e. The Hall–Kier alpha value is -2.21. The van der Waals surface area contributed by atoms with Crippen LogP contribution in [0.3, 0.4) is 0 Å². The topological polar surface area (TPSA) is 64.0 Å². The fourth-order valence-electron chi connectivity index (χ4n) is 2.83. The number of nitrogens with zero attached hydrogens (tertiary/aromatic N) is 2. The number of fused-ring (bicyclic) bond motifs is 1. The van der Waals surface area contributed by atoms with Gasteiger partial charge in [0.1, 0.15) is 5.82 Å². The van der Waals surface area contributed by atoms with Crippen molar-refractivity contribution in [1.82, 2.24) is 15.1 Å². The van der Waals surface area contributed by atoms with Gasteiger partial charge in [0.2, 0.25) is 5.91 Å². The summed E-state index contributed by atoms with van der Waals surface area (Å²) in [5.41, 5.74) is 1.99. The molecule has 0 saturated heterocycles. The Morgan fingerprint density at radius 1 is 1.38 bits per heavy atom. The molecule has 0 atom stereocenters. The van der Waals surface area contributed by atoms with Crippen molar-refractivity contribution >= 4 is 17.5 Å². The van der Waals surface area contributed by atoms with Gasteiger partial charge in [-0.3, -0.25) is 9.59 Å². The van der Waals surface area contributed by atoms with Crippen molar-refractivity contribution in [1.29, 1.82) is 0 Å². The number of hydrogen-bond donors (Lipinski definition) is 1. The zero-order valence-electron chi connectivity index (χ0n) is 13.0. The summed E-state index contributed by atoms with van der Waals surface area (Å²) in [4.78, 5) is 23.9. The lowest BCUT2D eigenvalue weighted by atomic mass is 10.1. The molecule has 7 heteroatoms. The van der Waals surface area contributed by atoms with Crippen molar-refractivity contribution in [2.75, 3.05) is 6.54 Å². The Morgan fingerprint density at radius 3 is 3.00 bits per heavy atom. The first-order chi connectivity index (χ1) is 11.5. The molecule has 0 bridgehead atoms. The fraction of sp³-hybridized carbons (Fsp3) is 0.353. The molecule has 1 amide bonds. The number of rotatable bonds is 5. The summed E-state index contributed by atoms with van der Waals surface area (Å²) in [5.74, 6) is -0.856. The van der Waals surface area contributed by atoms with Gasteiger partial charge in [-0.05, 0) is 37.0 Å². The average molecular weight is 350 g/mol. The summed E-state index contributed by atoms with van der Waals surface area (Å²) in [5, 5.41) is 7.22. The summed E-state index contributed by atoms with van der Waals surface area (Å²) in [6, 6.07) is 5.92. The number of halogens is 2. The van der Waals surface area contributed by atoms with Crippen LogP contribution < -0.4 is 10.9 Å². The number of hydrogen-bond acceptors (Lipinski definition) is 3. The van der Waals surface area contributed by atoms with Crippen molar-refractivity contribution in [2.45, 2.75) is 32.2 Å². The summed E-state index contributed by atoms with van der Waals surface area (Å²) in [6.45, 7) is 0.527.